The molecule has 1 heterocycles. The molecule has 0 saturated carbocycles. The average molecular weight is 308 g/mol. The van der Waals surface area contributed by atoms with Gasteiger partial charge in [0.1, 0.15) is 6.10 Å². The lowest BCUT2D eigenvalue weighted by Gasteiger charge is -2.21. The summed E-state index contributed by atoms with van der Waals surface area (Å²) in [5.41, 5.74) is 7.41. The van der Waals surface area contributed by atoms with Gasteiger partial charge in [0.15, 0.2) is 11.5 Å². The van der Waals surface area contributed by atoms with Crippen LogP contribution in [0.1, 0.15) is 28.3 Å². The van der Waals surface area contributed by atoms with Crippen LogP contribution in [0.3, 0.4) is 0 Å². The number of benzene rings is 1. The summed E-state index contributed by atoms with van der Waals surface area (Å²) >= 11 is 1.51. The maximum Gasteiger partial charge on any atom is 0.160 e. The van der Waals surface area contributed by atoms with Crippen LogP contribution < -0.4 is 15.2 Å². The van der Waals surface area contributed by atoms with Gasteiger partial charge in [-0.25, -0.2) is 4.98 Å². The van der Waals surface area contributed by atoms with Crippen LogP contribution in [-0.4, -0.2) is 30.9 Å². The van der Waals surface area contributed by atoms with E-state index in [1.807, 2.05) is 30.5 Å². The highest BCUT2D eigenvalue weighted by Crippen LogP contribution is 2.35. The first-order chi connectivity index (χ1) is 10.1. The van der Waals surface area contributed by atoms with E-state index >= 15 is 0 Å². The SMILES string of the molecule is COc1ccc(C(CN)C(O)c2csc(C)n2)cc1OC. The molecule has 0 spiro atoms. The van der Waals surface area contributed by atoms with Gasteiger partial charge in [-0.15, -0.1) is 11.3 Å². The first-order valence-corrected chi connectivity index (χ1v) is 7.50. The lowest BCUT2D eigenvalue weighted by molar-refractivity contribution is 0.143. The Hall–Kier alpha value is -1.63. The zero-order chi connectivity index (χ0) is 15.4. The minimum absolute atomic E-state index is 0.244. The molecule has 1 aromatic carbocycles. The maximum absolute atomic E-state index is 10.5. The van der Waals surface area contributed by atoms with Gasteiger partial charge in [-0.05, 0) is 24.6 Å². The smallest absolute Gasteiger partial charge is 0.160 e. The van der Waals surface area contributed by atoms with Crippen molar-refractivity contribution in [1.29, 1.82) is 0 Å². The largest absolute Gasteiger partial charge is 0.493 e. The molecule has 2 aromatic rings. The van der Waals surface area contributed by atoms with Crippen LogP contribution in [0.2, 0.25) is 0 Å². The average Bonchev–Trinajstić information content (AvgIpc) is 2.94. The van der Waals surface area contributed by atoms with Crippen LogP contribution >= 0.6 is 11.3 Å². The molecule has 114 valence electrons. The van der Waals surface area contributed by atoms with Crippen molar-refractivity contribution in [3.05, 3.63) is 39.8 Å². The summed E-state index contributed by atoms with van der Waals surface area (Å²) in [5.74, 6) is 1.03. The molecule has 3 N–H and O–H groups in total. The fraction of sp³-hybridized carbons (Fsp3) is 0.400. The van der Waals surface area contributed by atoms with Gasteiger partial charge < -0.3 is 20.3 Å². The molecule has 0 amide bonds. The van der Waals surface area contributed by atoms with Gasteiger partial charge in [0.05, 0.1) is 24.9 Å². The zero-order valence-electron chi connectivity index (χ0n) is 12.4. The first-order valence-electron chi connectivity index (χ1n) is 6.62. The van der Waals surface area contributed by atoms with E-state index in [9.17, 15) is 5.11 Å². The van der Waals surface area contributed by atoms with Crippen molar-refractivity contribution in [2.75, 3.05) is 20.8 Å². The number of rotatable bonds is 6. The first kappa shape index (κ1) is 15.8. The minimum Gasteiger partial charge on any atom is -0.493 e. The Labute approximate surface area is 128 Å². The fourth-order valence-electron chi connectivity index (χ4n) is 2.25. The molecule has 0 bridgehead atoms. The summed E-state index contributed by atoms with van der Waals surface area (Å²) < 4.78 is 10.5. The summed E-state index contributed by atoms with van der Waals surface area (Å²) in [5, 5.41) is 13.3. The van der Waals surface area contributed by atoms with Gasteiger partial charge in [-0.3, -0.25) is 0 Å². The zero-order valence-corrected chi connectivity index (χ0v) is 13.2. The summed E-state index contributed by atoms with van der Waals surface area (Å²) in [7, 11) is 3.17. The normalized spacial score (nSPS) is 13.8. The van der Waals surface area contributed by atoms with E-state index in [2.05, 4.69) is 4.98 Å². The van der Waals surface area contributed by atoms with E-state index in [-0.39, 0.29) is 5.92 Å². The third-order valence-electron chi connectivity index (χ3n) is 3.41. The van der Waals surface area contributed by atoms with Gasteiger partial charge in [-0.2, -0.15) is 0 Å². The van der Waals surface area contributed by atoms with Crippen molar-refractivity contribution >= 4 is 11.3 Å². The van der Waals surface area contributed by atoms with Gasteiger partial charge in [-0.1, -0.05) is 6.07 Å². The van der Waals surface area contributed by atoms with E-state index in [1.165, 1.54) is 11.3 Å². The highest BCUT2D eigenvalue weighted by atomic mass is 32.1. The van der Waals surface area contributed by atoms with Crippen molar-refractivity contribution in [2.24, 2.45) is 5.73 Å². The number of ether oxygens (including phenoxy) is 2. The van der Waals surface area contributed by atoms with Crippen LogP contribution in [0.15, 0.2) is 23.6 Å². The third kappa shape index (κ3) is 3.34. The lowest BCUT2D eigenvalue weighted by Crippen LogP contribution is -2.20. The summed E-state index contributed by atoms with van der Waals surface area (Å²) in [4.78, 5) is 4.34. The Morgan fingerprint density at radius 2 is 2.00 bits per heavy atom. The molecule has 5 nitrogen and oxygen atoms in total. The Kier molecular flexibility index (Phi) is 5.17. The molecule has 1 aromatic heterocycles. The van der Waals surface area contributed by atoms with Gasteiger partial charge in [0, 0.05) is 17.8 Å². The van der Waals surface area contributed by atoms with Crippen molar-refractivity contribution in [2.45, 2.75) is 18.9 Å². The molecule has 0 saturated heterocycles. The number of nitrogens with zero attached hydrogens (tertiary/aromatic N) is 1. The molecular formula is C15H20N2O3S. The second-order valence-electron chi connectivity index (χ2n) is 4.69. The molecule has 6 heteroatoms. The quantitative estimate of drug-likeness (QED) is 0.856. The van der Waals surface area contributed by atoms with Crippen LogP contribution in [0.4, 0.5) is 0 Å². The lowest BCUT2D eigenvalue weighted by atomic mass is 9.91. The van der Waals surface area contributed by atoms with E-state index < -0.39 is 6.10 Å². The molecule has 0 fully saturated rings. The highest BCUT2D eigenvalue weighted by molar-refractivity contribution is 7.09. The van der Waals surface area contributed by atoms with Gasteiger partial charge >= 0.3 is 0 Å². The standard InChI is InChI=1S/C15H20N2O3S/c1-9-17-12(8-21-9)15(18)11(7-16)10-4-5-13(19-2)14(6-10)20-3/h4-6,8,11,15,18H,7,16H2,1-3H3. The van der Waals surface area contributed by atoms with E-state index in [0.717, 1.165) is 10.6 Å². The summed E-state index contributed by atoms with van der Waals surface area (Å²) in [6, 6.07) is 5.55. The maximum atomic E-state index is 10.5. The van der Waals surface area contributed by atoms with Crippen molar-refractivity contribution < 1.29 is 14.6 Å². The molecule has 0 aliphatic heterocycles. The van der Waals surface area contributed by atoms with Crippen LogP contribution in [0.25, 0.3) is 0 Å². The molecular weight excluding hydrogens is 288 g/mol. The predicted octanol–water partition coefficient (Wildman–Crippen LogP) is 2.24. The number of aromatic nitrogens is 1. The number of aryl methyl sites for hydroxylation is 1. The van der Waals surface area contributed by atoms with Crippen LogP contribution in [-0.2, 0) is 0 Å². The van der Waals surface area contributed by atoms with Gasteiger partial charge in [0.2, 0.25) is 0 Å². The molecule has 2 atom stereocenters. The molecule has 0 aliphatic carbocycles. The molecule has 0 radical (unpaired) electrons. The number of thiazole rings is 1. The molecule has 21 heavy (non-hydrogen) atoms. The summed E-state index contributed by atoms with van der Waals surface area (Å²) in [6.07, 6.45) is -0.738. The second kappa shape index (κ2) is 6.89. The number of hydrogen-bond acceptors (Lipinski definition) is 6. The Morgan fingerprint density at radius 1 is 1.29 bits per heavy atom. The fourth-order valence-corrected chi connectivity index (χ4v) is 2.89. The van der Waals surface area contributed by atoms with E-state index in [4.69, 9.17) is 15.2 Å². The third-order valence-corrected chi connectivity index (χ3v) is 4.20. The topological polar surface area (TPSA) is 77.6 Å². The number of aliphatic hydroxyl groups is 1. The van der Waals surface area contributed by atoms with Gasteiger partial charge in [0.25, 0.3) is 0 Å². The van der Waals surface area contributed by atoms with Crippen LogP contribution in [0, 0.1) is 6.92 Å². The number of aliphatic hydroxyl groups excluding tert-OH is 1. The van der Waals surface area contributed by atoms with Crippen LogP contribution in [0.5, 0.6) is 11.5 Å². The molecule has 2 rings (SSSR count). The van der Waals surface area contributed by atoms with Crippen molar-refractivity contribution in [1.82, 2.24) is 4.98 Å². The Morgan fingerprint density at radius 3 is 2.52 bits per heavy atom. The monoisotopic (exact) mass is 308 g/mol. The molecule has 0 aliphatic rings. The van der Waals surface area contributed by atoms with E-state index in [0.29, 0.717) is 23.7 Å². The molecule has 2 unspecified atom stereocenters. The van der Waals surface area contributed by atoms with Crippen molar-refractivity contribution in [3.8, 4) is 11.5 Å². The Balaban J connectivity index is 2.32. The minimum atomic E-state index is -0.738. The Bertz CT molecular complexity index is 600. The summed E-state index contributed by atoms with van der Waals surface area (Å²) in [6.45, 7) is 2.22. The highest BCUT2D eigenvalue weighted by Gasteiger charge is 2.24. The second-order valence-corrected chi connectivity index (χ2v) is 5.76. The number of hydrogen-bond donors (Lipinski definition) is 2. The number of nitrogens with two attached hydrogens (primary N) is 1. The number of methoxy groups -OCH3 is 2. The van der Waals surface area contributed by atoms with Crippen molar-refractivity contribution in [3.63, 3.8) is 0 Å². The van der Waals surface area contributed by atoms with E-state index in [1.54, 1.807) is 14.2 Å². The predicted molar refractivity (Wildman–Crippen MR) is 83.2 cm³/mol.